The van der Waals surface area contributed by atoms with E-state index in [-0.39, 0.29) is 24.8 Å². The molecule has 2 saturated carbocycles. The maximum atomic E-state index is 13.6. The summed E-state index contributed by atoms with van der Waals surface area (Å²) in [6.07, 6.45) is 5.05. The van der Waals surface area contributed by atoms with Gasteiger partial charge in [-0.1, -0.05) is 20.3 Å². The van der Waals surface area contributed by atoms with E-state index in [1.165, 1.54) is 6.42 Å². The zero-order valence-corrected chi connectivity index (χ0v) is 12.2. The van der Waals surface area contributed by atoms with E-state index in [1.54, 1.807) is 0 Å². The fourth-order valence-corrected chi connectivity index (χ4v) is 4.09. The van der Waals surface area contributed by atoms with Crippen molar-refractivity contribution in [2.75, 3.05) is 0 Å². The normalized spacial score (nSPS) is 40.9. The summed E-state index contributed by atoms with van der Waals surface area (Å²) in [4.78, 5) is 0. The molecular formula is C15H28F2N2. The Balaban J connectivity index is 1.99. The van der Waals surface area contributed by atoms with Crippen LogP contribution in [0.3, 0.4) is 0 Å². The van der Waals surface area contributed by atoms with Gasteiger partial charge in [-0.3, -0.25) is 11.3 Å². The standard InChI is InChI=1S/C15H28F2N2/c1-10-5-6-12(8-11(10)2)14(19-18)13-4-3-7-15(16,17)9-13/h10-14,19H,3-9,18H2,1-2H3. The highest BCUT2D eigenvalue weighted by molar-refractivity contribution is 4.91. The Labute approximate surface area is 115 Å². The molecule has 3 N–H and O–H groups in total. The van der Waals surface area contributed by atoms with Crippen molar-refractivity contribution in [1.29, 1.82) is 0 Å². The number of halogens is 2. The monoisotopic (exact) mass is 274 g/mol. The number of hydrogen-bond acceptors (Lipinski definition) is 2. The van der Waals surface area contributed by atoms with Gasteiger partial charge in [0.2, 0.25) is 5.92 Å². The number of alkyl halides is 2. The second-order valence-electron chi connectivity index (χ2n) is 6.93. The average molecular weight is 274 g/mol. The number of nitrogens with one attached hydrogen (secondary N) is 1. The molecule has 0 heterocycles. The van der Waals surface area contributed by atoms with Crippen LogP contribution in [-0.4, -0.2) is 12.0 Å². The predicted molar refractivity (Wildman–Crippen MR) is 73.7 cm³/mol. The van der Waals surface area contributed by atoms with E-state index < -0.39 is 5.92 Å². The van der Waals surface area contributed by atoms with E-state index in [9.17, 15) is 8.78 Å². The van der Waals surface area contributed by atoms with Crippen molar-refractivity contribution >= 4 is 0 Å². The van der Waals surface area contributed by atoms with Crippen molar-refractivity contribution in [3.8, 4) is 0 Å². The first-order valence-electron chi connectivity index (χ1n) is 7.77. The molecule has 2 aliphatic carbocycles. The molecule has 0 spiro atoms. The molecule has 4 heteroatoms. The maximum Gasteiger partial charge on any atom is 0.248 e. The van der Waals surface area contributed by atoms with Crippen molar-refractivity contribution in [3.63, 3.8) is 0 Å². The van der Waals surface area contributed by atoms with Gasteiger partial charge < -0.3 is 0 Å². The van der Waals surface area contributed by atoms with Gasteiger partial charge in [-0.05, 0) is 49.4 Å². The summed E-state index contributed by atoms with van der Waals surface area (Å²) >= 11 is 0. The van der Waals surface area contributed by atoms with E-state index in [1.807, 2.05) is 0 Å². The van der Waals surface area contributed by atoms with E-state index in [2.05, 4.69) is 19.3 Å². The highest BCUT2D eigenvalue weighted by atomic mass is 19.3. The lowest BCUT2D eigenvalue weighted by atomic mass is 9.68. The molecule has 0 aromatic carbocycles. The zero-order valence-electron chi connectivity index (χ0n) is 12.2. The molecule has 19 heavy (non-hydrogen) atoms. The van der Waals surface area contributed by atoms with Gasteiger partial charge in [-0.25, -0.2) is 8.78 Å². The van der Waals surface area contributed by atoms with Crippen LogP contribution in [0.4, 0.5) is 8.78 Å². The van der Waals surface area contributed by atoms with Crippen LogP contribution in [-0.2, 0) is 0 Å². The van der Waals surface area contributed by atoms with Crippen LogP contribution in [0.5, 0.6) is 0 Å². The zero-order chi connectivity index (χ0) is 14.0. The topological polar surface area (TPSA) is 38.0 Å². The van der Waals surface area contributed by atoms with Crippen LogP contribution < -0.4 is 11.3 Å². The molecule has 0 saturated heterocycles. The summed E-state index contributed by atoms with van der Waals surface area (Å²) in [5.74, 6) is 5.17. The Hall–Kier alpha value is -0.220. The smallest absolute Gasteiger partial charge is 0.248 e. The third-order valence-corrected chi connectivity index (χ3v) is 5.53. The van der Waals surface area contributed by atoms with E-state index in [4.69, 9.17) is 5.84 Å². The summed E-state index contributed by atoms with van der Waals surface area (Å²) in [6.45, 7) is 4.57. The minimum absolute atomic E-state index is 0.0162. The Bertz CT molecular complexity index is 296. The fraction of sp³-hybridized carbons (Fsp3) is 1.00. The summed E-state index contributed by atoms with van der Waals surface area (Å²) in [6, 6.07) is 0.0705. The molecule has 0 aliphatic heterocycles. The molecule has 2 nitrogen and oxygen atoms in total. The predicted octanol–water partition coefficient (Wildman–Crippen LogP) is 3.72. The van der Waals surface area contributed by atoms with Crippen LogP contribution in [0.25, 0.3) is 0 Å². The van der Waals surface area contributed by atoms with Gasteiger partial charge in [0.1, 0.15) is 0 Å². The summed E-state index contributed by atoms with van der Waals surface area (Å²) < 4.78 is 27.2. The summed E-state index contributed by atoms with van der Waals surface area (Å²) in [5, 5.41) is 0. The first kappa shape index (κ1) is 15.2. The van der Waals surface area contributed by atoms with Crippen molar-refractivity contribution in [2.45, 2.75) is 70.8 Å². The lowest BCUT2D eigenvalue weighted by molar-refractivity contribution is -0.0638. The molecule has 5 atom stereocenters. The second-order valence-corrected chi connectivity index (χ2v) is 6.93. The van der Waals surface area contributed by atoms with Gasteiger partial charge >= 0.3 is 0 Å². The highest BCUT2D eigenvalue weighted by Gasteiger charge is 2.42. The molecular weight excluding hydrogens is 246 g/mol. The minimum atomic E-state index is -2.48. The molecule has 2 aliphatic rings. The van der Waals surface area contributed by atoms with Gasteiger partial charge in [0, 0.05) is 18.9 Å². The number of nitrogens with two attached hydrogens (primary N) is 1. The highest BCUT2D eigenvalue weighted by Crippen LogP contribution is 2.43. The number of rotatable bonds is 3. The molecule has 0 aromatic rings. The van der Waals surface area contributed by atoms with Gasteiger partial charge in [-0.15, -0.1) is 0 Å². The quantitative estimate of drug-likeness (QED) is 0.608. The molecule has 2 rings (SSSR count). The van der Waals surface area contributed by atoms with Crippen LogP contribution in [0, 0.1) is 23.7 Å². The van der Waals surface area contributed by atoms with E-state index >= 15 is 0 Å². The Kier molecular flexibility index (Phi) is 4.83. The molecule has 0 aromatic heterocycles. The lowest BCUT2D eigenvalue weighted by Gasteiger charge is -2.42. The third kappa shape index (κ3) is 3.66. The minimum Gasteiger partial charge on any atom is -0.271 e. The molecule has 0 radical (unpaired) electrons. The first-order chi connectivity index (χ1) is 8.93. The Morgan fingerprint density at radius 3 is 2.42 bits per heavy atom. The average Bonchev–Trinajstić information content (AvgIpc) is 2.33. The fourth-order valence-electron chi connectivity index (χ4n) is 4.09. The van der Waals surface area contributed by atoms with Crippen LogP contribution >= 0.6 is 0 Å². The molecule has 112 valence electrons. The van der Waals surface area contributed by atoms with Crippen LogP contribution in [0.1, 0.15) is 58.8 Å². The van der Waals surface area contributed by atoms with Gasteiger partial charge in [0.25, 0.3) is 0 Å². The van der Waals surface area contributed by atoms with Crippen molar-refractivity contribution in [2.24, 2.45) is 29.5 Å². The number of hydrazine groups is 1. The van der Waals surface area contributed by atoms with Gasteiger partial charge in [0.15, 0.2) is 0 Å². The van der Waals surface area contributed by atoms with Crippen LogP contribution in [0.15, 0.2) is 0 Å². The van der Waals surface area contributed by atoms with Crippen molar-refractivity contribution < 1.29 is 8.78 Å². The van der Waals surface area contributed by atoms with Gasteiger partial charge in [-0.2, -0.15) is 0 Å². The Morgan fingerprint density at radius 2 is 1.84 bits per heavy atom. The SMILES string of the molecule is CC1CCC(C(NN)C2CCCC(F)(F)C2)CC1C. The molecule has 5 unspecified atom stereocenters. The van der Waals surface area contributed by atoms with Gasteiger partial charge in [0.05, 0.1) is 0 Å². The molecule has 0 amide bonds. The summed E-state index contributed by atoms with van der Waals surface area (Å²) in [7, 11) is 0. The second kappa shape index (κ2) is 6.04. The maximum absolute atomic E-state index is 13.6. The summed E-state index contributed by atoms with van der Waals surface area (Å²) in [5.41, 5.74) is 2.88. The van der Waals surface area contributed by atoms with Crippen molar-refractivity contribution in [3.05, 3.63) is 0 Å². The molecule has 2 fully saturated rings. The first-order valence-corrected chi connectivity index (χ1v) is 7.77. The van der Waals surface area contributed by atoms with E-state index in [0.29, 0.717) is 18.3 Å². The third-order valence-electron chi connectivity index (χ3n) is 5.53. The van der Waals surface area contributed by atoms with Crippen molar-refractivity contribution in [1.82, 2.24) is 5.43 Å². The molecule has 0 bridgehead atoms. The lowest BCUT2D eigenvalue weighted by Crippen LogP contribution is -2.50. The largest absolute Gasteiger partial charge is 0.271 e. The van der Waals surface area contributed by atoms with Crippen LogP contribution in [0.2, 0.25) is 0 Å². The number of hydrogen-bond donors (Lipinski definition) is 2. The van der Waals surface area contributed by atoms with E-state index in [0.717, 1.165) is 25.2 Å². The Morgan fingerprint density at radius 1 is 1.11 bits per heavy atom.